The summed E-state index contributed by atoms with van der Waals surface area (Å²) in [6.07, 6.45) is 6.27. The molecule has 0 atom stereocenters. The van der Waals surface area contributed by atoms with Crippen LogP contribution in [0.4, 0.5) is 0 Å². The molecule has 0 radical (unpaired) electrons. The molecule has 1 heterocycles. The largest absolute Gasteiger partial charge is 0.412 e. The van der Waals surface area contributed by atoms with E-state index in [1.165, 1.54) is 19.3 Å². The van der Waals surface area contributed by atoms with Crippen LogP contribution >= 0.6 is 0 Å². The van der Waals surface area contributed by atoms with E-state index in [0.29, 0.717) is 11.3 Å². The maximum absolute atomic E-state index is 7.87. The van der Waals surface area contributed by atoms with Gasteiger partial charge < -0.3 is 15.8 Å². The molecule has 0 bridgehead atoms. The Morgan fingerprint density at radius 2 is 2.06 bits per heavy atom. The minimum atomic E-state index is 0.163. The Morgan fingerprint density at radius 3 is 2.53 bits per heavy atom. The zero-order chi connectivity index (χ0) is 11.9. The summed E-state index contributed by atoms with van der Waals surface area (Å²) in [6.45, 7) is 1.73. The number of nitrogens with one attached hydrogen (secondary N) is 2. The molecule has 2 aliphatic carbocycles. The first kappa shape index (κ1) is 11.0. The Labute approximate surface area is 101 Å². The summed E-state index contributed by atoms with van der Waals surface area (Å²) < 4.78 is 5.31. The molecule has 5 heteroatoms. The Kier molecular flexibility index (Phi) is 2.58. The lowest BCUT2D eigenvalue weighted by molar-refractivity contribution is -0.00231. The number of hydrogen-bond donors (Lipinski definition) is 3. The third-order valence-corrected chi connectivity index (χ3v) is 4.43. The van der Waals surface area contributed by atoms with Crippen LogP contribution in [0, 0.1) is 16.7 Å². The van der Waals surface area contributed by atoms with Gasteiger partial charge >= 0.3 is 0 Å². The van der Waals surface area contributed by atoms with E-state index in [-0.39, 0.29) is 18.0 Å². The number of nitrogens with two attached hydrogens (primary N) is 1. The van der Waals surface area contributed by atoms with Gasteiger partial charge in [-0.3, -0.25) is 5.41 Å². The van der Waals surface area contributed by atoms with Gasteiger partial charge in [-0.25, -0.2) is 4.99 Å². The third-order valence-electron chi connectivity index (χ3n) is 4.43. The minimum Gasteiger partial charge on any atom is -0.412 e. The Bertz CT molecular complexity index is 350. The van der Waals surface area contributed by atoms with Gasteiger partial charge in [0.1, 0.15) is 0 Å². The average Bonchev–Trinajstić information content (AvgIpc) is 2.06. The molecule has 1 saturated heterocycles. The summed E-state index contributed by atoms with van der Waals surface area (Å²) in [5.41, 5.74) is 6.25. The van der Waals surface area contributed by atoms with E-state index >= 15 is 0 Å². The van der Waals surface area contributed by atoms with E-state index in [0.717, 1.165) is 25.9 Å². The molecule has 0 aromatic carbocycles. The molecule has 3 aliphatic rings. The topological polar surface area (TPSA) is 83.5 Å². The molecule has 5 nitrogen and oxygen atoms in total. The van der Waals surface area contributed by atoms with E-state index < -0.39 is 0 Å². The zero-order valence-corrected chi connectivity index (χ0v) is 10.0. The first-order chi connectivity index (χ1) is 8.17. The van der Waals surface area contributed by atoms with Crippen molar-refractivity contribution in [1.29, 1.82) is 5.41 Å². The quantitative estimate of drug-likeness (QED) is 0.491. The Hall–Kier alpha value is -1.10. The fourth-order valence-electron chi connectivity index (χ4n) is 3.02. The fourth-order valence-corrected chi connectivity index (χ4v) is 3.02. The second kappa shape index (κ2) is 3.98. The smallest absolute Gasteiger partial charge is 0.288 e. The lowest BCUT2D eigenvalue weighted by Gasteiger charge is -2.53. The SMILES string of the molecule is N=C(OC(N)=NC1CNC1)C1CC2(CCC2)C1. The van der Waals surface area contributed by atoms with Gasteiger partial charge in [0.05, 0.1) is 6.04 Å². The van der Waals surface area contributed by atoms with Crippen LogP contribution in [0.3, 0.4) is 0 Å². The highest BCUT2D eigenvalue weighted by atomic mass is 16.5. The molecule has 0 unspecified atom stereocenters. The summed E-state index contributed by atoms with van der Waals surface area (Å²) in [4.78, 5) is 4.20. The van der Waals surface area contributed by atoms with Crippen molar-refractivity contribution in [2.75, 3.05) is 13.1 Å². The van der Waals surface area contributed by atoms with Gasteiger partial charge in [0.2, 0.25) is 0 Å². The fraction of sp³-hybridized carbons (Fsp3) is 0.833. The van der Waals surface area contributed by atoms with Gasteiger partial charge in [-0.1, -0.05) is 6.42 Å². The molecule has 4 N–H and O–H groups in total. The normalized spacial score (nSPS) is 28.1. The van der Waals surface area contributed by atoms with Crippen LogP contribution in [0.15, 0.2) is 4.99 Å². The van der Waals surface area contributed by atoms with E-state index in [1.807, 2.05) is 0 Å². The number of nitrogens with zero attached hydrogens (tertiary/aromatic N) is 1. The van der Waals surface area contributed by atoms with Crippen LogP contribution in [-0.4, -0.2) is 31.1 Å². The van der Waals surface area contributed by atoms with Crippen LogP contribution in [-0.2, 0) is 4.74 Å². The molecule has 1 spiro atoms. The molecule has 1 aliphatic heterocycles. The van der Waals surface area contributed by atoms with Crippen LogP contribution in [0.1, 0.15) is 32.1 Å². The summed E-state index contributed by atoms with van der Waals surface area (Å²) in [7, 11) is 0. The van der Waals surface area contributed by atoms with Crippen LogP contribution in [0.5, 0.6) is 0 Å². The second-order valence-electron chi connectivity index (χ2n) is 5.70. The summed E-state index contributed by atoms with van der Waals surface area (Å²) >= 11 is 0. The van der Waals surface area contributed by atoms with Gasteiger partial charge in [0.25, 0.3) is 6.02 Å². The number of amidine groups is 1. The molecule has 2 saturated carbocycles. The maximum atomic E-state index is 7.87. The monoisotopic (exact) mass is 236 g/mol. The van der Waals surface area contributed by atoms with Gasteiger partial charge in [-0.2, -0.15) is 0 Å². The molecule has 3 rings (SSSR count). The van der Waals surface area contributed by atoms with Crippen LogP contribution < -0.4 is 11.1 Å². The molecular weight excluding hydrogens is 216 g/mol. The van der Waals surface area contributed by atoms with Crippen molar-refractivity contribution in [3.8, 4) is 0 Å². The predicted molar refractivity (Wildman–Crippen MR) is 66.1 cm³/mol. The molecule has 0 amide bonds. The molecule has 0 aromatic rings. The summed E-state index contributed by atoms with van der Waals surface area (Å²) in [6, 6.07) is 0.401. The van der Waals surface area contributed by atoms with Gasteiger partial charge in [-0.15, -0.1) is 0 Å². The maximum Gasteiger partial charge on any atom is 0.288 e. The molecular formula is C12H20N4O. The second-order valence-corrected chi connectivity index (χ2v) is 5.70. The first-order valence-electron chi connectivity index (χ1n) is 6.47. The zero-order valence-electron chi connectivity index (χ0n) is 10.0. The van der Waals surface area contributed by atoms with Crippen molar-refractivity contribution in [2.45, 2.75) is 38.1 Å². The van der Waals surface area contributed by atoms with Crippen LogP contribution in [0.2, 0.25) is 0 Å². The van der Waals surface area contributed by atoms with Crippen molar-refractivity contribution >= 4 is 11.9 Å². The van der Waals surface area contributed by atoms with E-state index in [9.17, 15) is 0 Å². The van der Waals surface area contributed by atoms with E-state index in [4.69, 9.17) is 15.9 Å². The van der Waals surface area contributed by atoms with Crippen molar-refractivity contribution < 1.29 is 4.74 Å². The number of hydrogen-bond acceptors (Lipinski definition) is 4. The van der Waals surface area contributed by atoms with Gasteiger partial charge in [-0.05, 0) is 31.1 Å². The number of rotatable bonds is 2. The van der Waals surface area contributed by atoms with Crippen LogP contribution in [0.25, 0.3) is 0 Å². The standard InChI is InChI=1S/C12H20N4O/c13-10(8-4-12(5-8)2-1-3-12)17-11(14)16-9-6-15-7-9/h8-9,13,15H,1-7H2,(H2,14,16). The Balaban J connectivity index is 1.45. The highest BCUT2D eigenvalue weighted by molar-refractivity contribution is 5.89. The predicted octanol–water partition coefficient (Wildman–Crippen LogP) is 0.847. The van der Waals surface area contributed by atoms with E-state index in [1.54, 1.807) is 0 Å². The minimum absolute atomic E-state index is 0.163. The molecule has 17 heavy (non-hydrogen) atoms. The summed E-state index contributed by atoms with van der Waals surface area (Å²) in [5, 5.41) is 11.0. The van der Waals surface area contributed by atoms with E-state index in [2.05, 4.69) is 10.3 Å². The number of aliphatic imine (C=N–C) groups is 1. The van der Waals surface area contributed by atoms with Crippen molar-refractivity contribution in [3.63, 3.8) is 0 Å². The van der Waals surface area contributed by atoms with Crippen molar-refractivity contribution in [2.24, 2.45) is 22.1 Å². The lowest BCUT2D eigenvalue weighted by atomic mass is 9.52. The van der Waals surface area contributed by atoms with Gasteiger partial charge in [0.15, 0.2) is 5.90 Å². The average molecular weight is 236 g/mol. The van der Waals surface area contributed by atoms with Crippen molar-refractivity contribution in [3.05, 3.63) is 0 Å². The molecule has 0 aromatic heterocycles. The number of ether oxygens (including phenoxy) is 1. The van der Waals surface area contributed by atoms with Gasteiger partial charge in [0, 0.05) is 19.0 Å². The highest BCUT2D eigenvalue weighted by Gasteiger charge is 2.50. The third kappa shape index (κ3) is 2.04. The summed E-state index contributed by atoms with van der Waals surface area (Å²) in [5.74, 6) is 0.597. The highest BCUT2D eigenvalue weighted by Crippen LogP contribution is 2.58. The molecule has 94 valence electrons. The Morgan fingerprint density at radius 1 is 1.35 bits per heavy atom. The first-order valence-corrected chi connectivity index (χ1v) is 6.47. The van der Waals surface area contributed by atoms with Crippen molar-refractivity contribution in [1.82, 2.24) is 5.32 Å². The lowest BCUT2D eigenvalue weighted by Crippen LogP contribution is -2.48. The molecule has 3 fully saturated rings.